The van der Waals surface area contributed by atoms with Crippen LogP contribution in [0.1, 0.15) is 22.3 Å². The van der Waals surface area contributed by atoms with Gasteiger partial charge in [0.15, 0.2) is 0 Å². The molecule has 0 N–H and O–H groups in total. The van der Waals surface area contributed by atoms with Crippen molar-refractivity contribution < 1.29 is 0 Å². The van der Waals surface area contributed by atoms with Crippen LogP contribution in [0.3, 0.4) is 0 Å². The van der Waals surface area contributed by atoms with Gasteiger partial charge in [-0.15, -0.1) is 0 Å². The van der Waals surface area contributed by atoms with E-state index in [9.17, 15) is 0 Å². The number of hydrogen-bond acceptors (Lipinski definition) is 0. The summed E-state index contributed by atoms with van der Waals surface area (Å²) in [5.74, 6) is 0. The lowest BCUT2D eigenvalue weighted by molar-refractivity contribution is 0.939. The summed E-state index contributed by atoms with van der Waals surface area (Å²) in [6, 6.07) is 13.7. The van der Waals surface area contributed by atoms with Crippen LogP contribution in [0.25, 0.3) is 11.1 Å². The molecule has 2 aromatic carbocycles. The van der Waals surface area contributed by atoms with E-state index in [4.69, 9.17) is 0 Å². The second-order valence-electron chi connectivity index (χ2n) is 4.82. The van der Waals surface area contributed by atoms with Crippen molar-refractivity contribution in [3.8, 4) is 11.1 Å². The van der Waals surface area contributed by atoms with Gasteiger partial charge < -0.3 is 0 Å². The Morgan fingerprint density at radius 2 is 1.12 bits per heavy atom. The maximum Gasteiger partial charge on any atom is -0.0146 e. The molecule has 0 fully saturated rings. The minimum absolute atomic E-state index is 1.19. The number of benzene rings is 2. The fourth-order valence-electron chi connectivity index (χ4n) is 2.59. The van der Waals surface area contributed by atoms with Crippen molar-refractivity contribution >= 4 is 0 Å². The molecule has 80 valence electrons. The van der Waals surface area contributed by atoms with Crippen molar-refractivity contribution in [2.45, 2.75) is 26.7 Å². The van der Waals surface area contributed by atoms with Crippen LogP contribution < -0.4 is 0 Å². The van der Waals surface area contributed by atoms with Gasteiger partial charge in [-0.25, -0.2) is 0 Å². The number of fused-ring (bicyclic) bond motifs is 3. The van der Waals surface area contributed by atoms with Gasteiger partial charge in [0.1, 0.15) is 0 Å². The Morgan fingerprint density at radius 1 is 0.688 bits per heavy atom. The molecule has 0 saturated carbocycles. The van der Waals surface area contributed by atoms with Gasteiger partial charge in [0, 0.05) is 0 Å². The minimum atomic E-state index is 1.19. The van der Waals surface area contributed by atoms with Crippen molar-refractivity contribution in [1.82, 2.24) is 0 Å². The molecule has 0 aliphatic heterocycles. The summed E-state index contributed by atoms with van der Waals surface area (Å²) < 4.78 is 0. The average Bonchev–Trinajstić information content (AvgIpc) is 2.29. The molecule has 0 atom stereocenters. The first-order valence-electron chi connectivity index (χ1n) is 5.93. The molecule has 0 heterocycles. The van der Waals surface area contributed by atoms with Crippen molar-refractivity contribution in [1.29, 1.82) is 0 Å². The topological polar surface area (TPSA) is 0 Å². The minimum Gasteiger partial charge on any atom is -0.0590 e. The van der Waals surface area contributed by atoms with Gasteiger partial charge in [-0.1, -0.05) is 47.5 Å². The summed E-state index contributed by atoms with van der Waals surface area (Å²) in [7, 11) is 0. The SMILES string of the molecule is Cc1ccc2c(c1)-c1cc(C)ccc1CC2. The Bertz CT molecular complexity index is 498. The van der Waals surface area contributed by atoms with Crippen LogP contribution >= 0.6 is 0 Å². The molecule has 0 aromatic heterocycles. The monoisotopic (exact) mass is 208 g/mol. The standard InChI is InChI=1S/C16H16/c1-11-3-5-13-7-8-14-6-4-12(2)10-16(14)15(13)9-11/h3-6,9-10H,7-8H2,1-2H3. The smallest absolute Gasteiger partial charge is 0.0146 e. The lowest BCUT2D eigenvalue weighted by Crippen LogP contribution is -2.04. The molecule has 0 heteroatoms. The number of hydrogen-bond donors (Lipinski definition) is 0. The second kappa shape index (κ2) is 3.48. The molecule has 0 spiro atoms. The summed E-state index contributed by atoms with van der Waals surface area (Å²) in [6.07, 6.45) is 2.37. The fourth-order valence-corrected chi connectivity index (χ4v) is 2.59. The van der Waals surface area contributed by atoms with Crippen molar-refractivity contribution in [3.05, 3.63) is 58.7 Å². The first-order valence-corrected chi connectivity index (χ1v) is 5.93. The van der Waals surface area contributed by atoms with Crippen molar-refractivity contribution in [3.63, 3.8) is 0 Å². The predicted molar refractivity (Wildman–Crippen MR) is 68.8 cm³/mol. The molecule has 2 aromatic rings. The molecule has 0 saturated heterocycles. The van der Waals surface area contributed by atoms with E-state index in [1.165, 1.54) is 46.2 Å². The molecule has 3 rings (SSSR count). The van der Waals surface area contributed by atoms with Gasteiger partial charge in [-0.2, -0.15) is 0 Å². The van der Waals surface area contributed by atoms with Gasteiger partial charge in [0.05, 0.1) is 0 Å². The molecule has 0 radical (unpaired) electrons. The Morgan fingerprint density at radius 3 is 1.56 bits per heavy atom. The largest absolute Gasteiger partial charge is 0.0590 e. The molecule has 0 unspecified atom stereocenters. The summed E-state index contributed by atoms with van der Waals surface area (Å²) >= 11 is 0. The van der Waals surface area contributed by atoms with Crippen LogP contribution in [0.15, 0.2) is 36.4 Å². The molecular weight excluding hydrogens is 192 g/mol. The van der Waals surface area contributed by atoms with Gasteiger partial charge in [0.25, 0.3) is 0 Å². The number of aryl methyl sites for hydroxylation is 4. The maximum atomic E-state index is 2.33. The van der Waals surface area contributed by atoms with Crippen LogP contribution in [0.2, 0.25) is 0 Å². The maximum absolute atomic E-state index is 2.33. The highest BCUT2D eigenvalue weighted by Gasteiger charge is 2.15. The van der Waals surface area contributed by atoms with E-state index in [1.54, 1.807) is 0 Å². The fraction of sp³-hybridized carbons (Fsp3) is 0.250. The quantitative estimate of drug-likeness (QED) is 0.612. The van der Waals surface area contributed by atoms with Crippen LogP contribution in [0.4, 0.5) is 0 Å². The Labute approximate surface area is 96.9 Å². The first-order chi connectivity index (χ1) is 7.74. The van der Waals surface area contributed by atoms with E-state index in [2.05, 4.69) is 50.2 Å². The van der Waals surface area contributed by atoms with E-state index in [-0.39, 0.29) is 0 Å². The van der Waals surface area contributed by atoms with Crippen LogP contribution in [-0.4, -0.2) is 0 Å². The number of rotatable bonds is 0. The van der Waals surface area contributed by atoms with Crippen LogP contribution in [-0.2, 0) is 12.8 Å². The molecule has 0 bridgehead atoms. The van der Waals surface area contributed by atoms with E-state index < -0.39 is 0 Å². The molecule has 1 aliphatic rings. The highest BCUT2D eigenvalue weighted by molar-refractivity contribution is 5.74. The Balaban J connectivity index is 2.28. The zero-order valence-electron chi connectivity index (χ0n) is 9.88. The van der Waals surface area contributed by atoms with E-state index >= 15 is 0 Å². The normalized spacial score (nSPS) is 13.1. The highest BCUT2D eigenvalue weighted by atomic mass is 14.2. The van der Waals surface area contributed by atoms with E-state index in [1.807, 2.05) is 0 Å². The van der Waals surface area contributed by atoms with E-state index in [0.717, 1.165) is 0 Å². The zero-order chi connectivity index (χ0) is 11.1. The van der Waals surface area contributed by atoms with Gasteiger partial charge >= 0.3 is 0 Å². The average molecular weight is 208 g/mol. The molecule has 0 amide bonds. The Hall–Kier alpha value is -1.56. The van der Waals surface area contributed by atoms with E-state index in [0.29, 0.717) is 0 Å². The lowest BCUT2D eigenvalue weighted by Gasteiger charge is -2.20. The van der Waals surface area contributed by atoms with Crippen molar-refractivity contribution in [2.75, 3.05) is 0 Å². The summed E-state index contributed by atoms with van der Waals surface area (Å²) in [4.78, 5) is 0. The molecule has 16 heavy (non-hydrogen) atoms. The first kappa shape index (κ1) is 9.65. The second-order valence-corrected chi connectivity index (χ2v) is 4.82. The summed E-state index contributed by atoms with van der Waals surface area (Å²) in [6.45, 7) is 4.34. The zero-order valence-corrected chi connectivity index (χ0v) is 9.88. The van der Waals surface area contributed by atoms with Crippen LogP contribution in [0.5, 0.6) is 0 Å². The van der Waals surface area contributed by atoms with Crippen molar-refractivity contribution in [2.24, 2.45) is 0 Å². The van der Waals surface area contributed by atoms with Gasteiger partial charge in [0.2, 0.25) is 0 Å². The lowest BCUT2D eigenvalue weighted by atomic mass is 9.84. The summed E-state index contributed by atoms with van der Waals surface area (Å²) in [5, 5.41) is 0. The highest BCUT2D eigenvalue weighted by Crippen LogP contribution is 2.34. The third-order valence-corrected chi connectivity index (χ3v) is 3.48. The van der Waals surface area contributed by atoms with Gasteiger partial charge in [-0.05, 0) is 48.9 Å². The summed E-state index contributed by atoms with van der Waals surface area (Å²) in [5.41, 5.74) is 8.61. The third kappa shape index (κ3) is 1.46. The van der Waals surface area contributed by atoms with Crippen LogP contribution in [0, 0.1) is 13.8 Å². The molecular formula is C16H16. The molecule has 1 aliphatic carbocycles. The Kier molecular flexibility index (Phi) is 2.10. The predicted octanol–water partition coefficient (Wildman–Crippen LogP) is 4.07. The molecule has 0 nitrogen and oxygen atoms in total. The van der Waals surface area contributed by atoms with Gasteiger partial charge in [-0.3, -0.25) is 0 Å². The third-order valence-electron chi connectivity index (χ3n) is 3.48.